The third-order valence-electron chi connectivity index (χ3n) is 2.52. The average Bonchev–Trinajstić information content (AvgIpc) is 2.29. The monoisotopic (exact) mass is 275 g/mol. The molecule has 3 nitrogen and oxygen atoms in total. The number of sulfonamides is 1. The summed E-state index contributed by atoms with van der Waals surface area (Å²) in [4.78, 5) is 0. The largest absolute Gasteiger partial charge is 0.215 e. The van der Waals surface area contributed by atoms with Gasteiger partial charge in [-0.05, 0) is 30.9 Å². The molecule has 0 saturated carbocycles. The molecule has 0 aliphatic rings. The zero-order valence-electron chi connectivity index (χ0n) is 9.95. The van der Waals surface area contributed by atoms with Gasteiger partial charge in [-0.2, -0.15) is 0 Å². The Labute approximate surface area is 108 Å². The molecule has 0 spiro atoms. The first-order valence-corrected chi connectivity index (χ1v) is 7.81. The lowest BCUT2D eigenvalue weighted by molar-refractivity contribution is 0.580. The van der Waals surface area contributed by atoms with E-state index in [2.05, 4.69) is 4.72 Å². The number of halogens is 1. The van der Waals surface area contributed by atoms with Crippen molar-refractivity contribution in [3.63, 3.8) is 0 Å². The van der Waals surface area contributed by atoms with Crippen LogP contribution in [-0.2, 0) is 16.4 Å². The summed E-state index contributed by atoms with van der Waals surface area (Å²) in [6.07, 6.45) is 1.20. The molecule has 0 heterocycles. The minimum absolute atomic E-state index is 0.101. The van der Waals surface area contributed by atoms with Gasteiger partial charge in [0.2, 0.25) is 10.0 Å². The van der Waals surface area contributed by atoms with Crippen molar-refractivity contribution in [3.05, 3.63) is 35.4 Å². The Morgan fingerprint density at radius 3 is 2.65 bits per heavy atom. The molecular weight excluding hydrogens is 258 g/mol. The van der Waals surface area contributed by atoms with Crippen LogP contribution in [0.3, 0.4) is 0 Å². The van der Waals surface area contributed by atoms with Gasteiger partial charge in [0.15, 0.2) is 0 Å². The van der Waals surface area contributed by atoms with E-state index in [0.29, 0.717) is 25.3 Å². The van der Waals surface area contributed by atoms with Crippen molar-refractivity contribution in [2.45, 2.75) is 19.8 Å². The average molecular weight is 276 g/mol. The molecule has 0 radical (unpaired) electrons. The summed E-state index contributed by atoms with van der Waals surface area (Å²) in [6, 6.07) is 7.98. The van der Waals surface area contributed by atoms with E-state index >= 15 is 0 Å². The van der Waals surface area contributed by atoms with Crippen molar-refractivity contribution < 1.29 is 8.42 Å². The standard InChI is InChI=1S/C12H18ClNO2S/c1-11-5-2-3-6-12(11)7-9-14-17(15,16)10-4-8-13/h2-3,5-6,14H,4,7-10H2,1H3. The number of aryl methyl sites for hydroxylation is 1. The van der Waals surface area contributed by atoms with Crippen LogP contribution in [0.25, 0.3) is 0 Å². The second-order valence-corrected chi connectivity index (χ2v) is 6.24. The number of hydrogen-bond acceptors (Lipinski definition) is 2. The van der Waals surface area contributed by atoms with E-state index in [-0.39, 0.29) is 5.75 Å². The van der Waals surface area contributed by atoms with Crippen LogP contribution < -0.4 is 4.72 Å². The molecule has 1 rings (SSSR count). The van der Waals surface area contributed by atoms with Crippen molar-refractivity contribution >= 4 is 21.6 Å². The molecule has 0 amide bonds. The Balaban J connectivity index is 2.40. The molecule has 0 aromatic heterocycles. The number of rotatable bonds is 7. The van der Waals surface area contributed by atoms with Gasteiger partial charge in [-0.15, -0.1) is 11.6 Å². The fraction of sp³-hybridized carbons (Fsp3) is 0.500. The quantitative estimate of drug-likeness (QED) is 0.775. The van der Waals surface area contributed by atoms with Crippen molar-refractivity contribution in [3.8, 4) is 0 Å². The molecule has 1 aromatic carbocycles. The normalized spacial score (nSPS) is 11.6. The van der Waals surface area contributed by atoms with Crippen molar-refractivity contribution in [1.29, 1.82) is 0 Å². The Hall–Kier alpha value is -0.580. The highest BCUT2D eigenvalue weighted by Crippen LogP contribution is 2.07. The van der Waals surface area contributed by atoms with Gasteiger partial charge in [0.05, 0.1) is 5.75 Å². The fourth-order valence-corrected chi connectivity index (χ4v) is 2.92. The van der Waals surface area contributed by atoms with Gasteiger partial charge in [-0.1, -0.05) is 24.3 Å². The van der Waals surface area contributed by atoms with E-state index in [4.69, 9.17) is 11.6 Å². The molecule has 17 heavy (non-hydrogen) atoms. The van der Waals surface area contributed by atoms with Crippen molar-refractivity contribution in [2.24, 2.45) is 0 Å². The molecular formula is C12H18ClNO2S. The van der Waals surface area contributed by atoms with Gasteiger partial charge in [-0.25, -0.2) is 13.1 Å². The maximum Gasteiger partial charge on any atom is 0.211 e. The molecule has 0 aliphatic carbocycles. The summed E-state index contributed by atoms with van der Waals surface area (Å²) in [5.41, 5.74) is 2.36. The Bertz CT molecular complexity index is 446. The van der Waals surface area contributed by atoms with Crippen molar-refractivity contribution in [2.75, 3.05) is 18.2 Å². The van der Waals surface area contributed by atoms with E-state index in [1.165, 1.54) is 11.1 Å². The van der Waals surface area contributed by atoms with E-state index in [0.717, 1.165) is 0 Å². The molecule has 96 valence electrons. The second-order valence-electron chi connectivity index (χ2n) is 3.93. The molecule has 1 N–H and O–H groups in total. The summed E-state index contributed by atoms with van der Waals surface area (Å²) in [5, 5.41) is 0. The van der Waals surface area contributed by atoms with Gasteiger partial charge in [0.25, 0.3) is 0 Å². The topological polar surface area (TPSA) is 46.2 Å². The SMILES string of the molecule is Cc1ccccc1CCNS(=O)(=O)CCCCl. The predicted molar refractivity (Wildman–Crippen MR) is 72.0 cm³/mol. The smallest absolute Gasteiger partial charge is 0.211 e. The molecule has 0 atom stereocenters. The van der Waals surface area contributed by atoms with Crippen LogP contribution in [0.4, 0.5) is 0 Å². The minimum atomic E-state index is -3.16. The maximum absolute atomic E-state index is 11.5. The van der Waals surface area contributed by atoms with Crippen LogP contribution >= 0.6 is 11.6 Å². The van der Waals surface area contributed by atoms with Gasteiger partial charge in [-0.3, -0.25) is 0 Å². The lowest BCUT2D eigenvalue weighted by Gasteiger charge is -2.07. The molecule has 0 aliphatic heterocycles. The number of nitrogens with one attached hydrogen (secondary N) is 1. The van der Waals surface area contributed by atoms with Crippen LogP contribution in [0.1, 0.15) is 17.5 Å². The second kappa shape index (κ2) is 6.99. The predicted octanol–water partition coefficient (Wildman–Crippen LogP) is 2.09. The highest BCUT2D eigenvalue weighted by molar-refractivity contribution is 7.89. The van der Waals surface area contributed by atoms with E-state index in [1.54, 1.807) is 0 Å². The van der Waals surface area contributed by atoms with Gasteiger partial charge >= 0.3 is 0 Å². The first-order chi connectivity index (χ1) is 8.05. The van der Waals surface area contributed by atoms with Crippen molar-refractivity contribution in [1.82, 2.24) is 4.72 Å². The summed E-state index contributed by atoms with van der Waals surface area (Å²) < 4.78 is 25.6. The fourth-order valence-electron chi connectivity index (χ4n) is 1.55. The third kappa shape index (κ3) is 5.52. The highest BCUT2D eigenvalue weighted by atomic mass is 35.5. The van der Waals surface area contributed by atoms with Crippen LogP contribution in [0.15, 0.2) is 24.3 Å². The maximum atomic E-state index is 11.5. The van der Waals surface area contributed by atoms with Gasteiger partial charge in [0.1, 0.15) is 0 Å². The van der Waals surface area contributed by atoms with E-state index < -0.39 is 10.0 Å². The van der Waals surface area contributed by atoms with Crippen LogP contribution in [-0.4, -0.2) is 26.6 Å². The molecule has 1 aromatic rings. The molecule has 5 heteroatoms. The molecule has 0 bridgehead atoms. The first-order valence-electron chi connectivity index (χ1n) is 5.63. The van der Waals surface area contributed by atoms with Crippen LogP contribution in [0, 0.1) is 6.92 Å². The molecule has 0 fully saturated rings. The minimum Gasteiger partial charge on any atom is -0.215 e. The summed E-state index contributed by atoms with van der Waals surface area (Å²) in [7, 11) is -3.16. The number of hydrogen-bond donors (Lipinski definition) is 1. The Morgan fingerprint density at radius 1 is 1.29 bits per heavy atom. The lowest BCUT2D eigenvalue weighted by atomic mass is 10.1. The lowest BCUT2D eigenvalue weighted by Crippen LogP contribution is -2.28. The zero-order valence-corrected chi connectivity index (χ0v) is 11.5. The third-order valence-corrected chi connectivity index (χ3v) is 4.26. The Kier molecular flexibility index (Phi) is 5.95. The van der Waals surface area contributed by atoms with Gasteiger partial charge in [0, 0.05) is 12.4 Å². The first kappa shape index (κ1) is 14.5. The Morgan fingerprint density at radius 2 is 2.00 bits per heavy atom. The summed E-state index contributed by atoms with van der Waals surface area (Å²) in [5.74, 6) is 0.475. The van der Waals surface area contributed by atoms with Crippen LogP contribution in [0.2, 0.25) is 0 Å². The zero-order chi connectivity index (χ0) is 12.7. The van der Waals surface area contributed by atoms with E-state index in [9.17, 15) is 8.42 Å². The van der Waals surface area contributed by atoms with E-state index in [1.807, 2.05) is 31.2 Å². The van der Waals surface area contributed by atoms with Crippen LogP contribution in [0.5, 0.6) is 0 Å². The molecule has 0 unspecified atom stereocenters. The highest BCUT2D eigenvalue weighted by Gasteiger charge is 2.08. The molecule has 0 saturated heterocycles. The van der Waals surface area contributed by atoms with Gasteiger partial charge < -0.3 is 0 Å². The summed E-state index contributed by atoms with van der Waals surface area (Å²) >= 11 is 5.47. The summed E-state index contributed by atoms with van der Waals surface area (Å²) in [6.45, 7) is 2.47. The number of benzene rings is 1. The number of alkyl halides is 1.